The lowest BCUT2D eigenvalue weighted by Crippen LogP contribution is -2.28. The van der Waals surface area contributed by atoms with Gasteiger partial charge in [-0.2, -0.15) is 0 Å². The lowest BCUT2D eigenvalue weighted by atomic mass is 9.93. The van der Waals surface area contributed by atoms with Gasteiger partial charge < -0.3 is 10.1 Å². The first-order valence-corrected chi connectivity index (χ1v) is 5.61. The van der Waals surface area contributed by atoms with Crippen molar-refractivity contribution in [3.8, 4) is 0 Å². The van der Waals surface area contributed by atoms with Crippen molar-refractivity contribution in [1.29, 1.82) is 0 Å². The maximum Gasteiger partial charge on any atom is 0.339 e. The molecule has 1 fully saturated rings. The number of nitrogens with one attached hydrogen (secondary N) is 1. The number of hydrogen-bond donors (Lipinski definition) is 1. The van der Waals surface area contributed by atoms with Gasteiger partial charge in [0.1, 0.15) is 0 Å². The Labute approximate surface area is 103 Å². The molecule has 7 nitrogen and oxygen atoms in total. The summed E-state index contributed by atoms with van der Waals surface area (Å²) in [5, 5.41) is 14.0. The molecule has 2 rings (SSSR count). The van der Waals surface area contributed by atoms with Crippen LogP contribution in [0.3, 0.4) is 0 Å². The van der Waals surface area contributed by atoms with Crippen molar-refractivity contribution in [1.82, 2.24) is 4.98 Å². The number of ether oxygens (including phenoxy) is 1. The first kappa shape index (κ1) is 12.3. The molecule has 0 unspecified atom stereocenters. The Balaban J connectivity index is 2.28. The predicted octanol–water partition coefficient (Wildman–Crippen LogP) is 1.74. The van der Waals surface area contributed by atoms with Crippen LogP contribution in [-0.2, 0) is 4.74 Å². The van der Waals surface area contributed by atoms with Crippen LogP contribution in [0.25, 0.3) is 0 Å². The molecule has 0 bridgehead atoms. The van der Waals surface area contributed by atoms with E-state index in [4.69, 9.17) is 0 Å². The van der Waals surface area contributed by atoms with Crippen LogP contribution >= 0.6 is 0 Å². The van der Waals surface area contributed by atoms with Crippen LogP contribution < -0.4 is 5.32 Å². The summed E-state index contributed by atoms with van der Waals surface area (Å²) in [4.78, 5) is 25.6. The third-order valence-corrected chi connectivity index (χ3v) is 2.93. The monoisotopic (exact) mass is 251 g/mol. The van der Waals surface area contributed by atoms with Crippen LogP contribution in [-0.4, -0.2) is 29.0 Å². The molecule has 1 aromatic heterocycles. The number of hydrogen-bond acceptors (Lipinski definition) is 6. The van der Waals surface area contributed by atoms with E-state index in [-0.39, 0.29) is 23.1 Å². The van der Waals surface area contributed by atoms with Gasteiger partial charge in [0.05, 0.1) is 17.6 Å². The van der Waals surface area contributed by atoms with Crippen LogP contribution in [0.15, 0.2) is 12.3 Å². The number of carbonyl (C=O) groups is 1. The molecular formula is C11H13N3O4. The third kappa shape index (κ3) is 2.39. The van der Waals surface area contributed by atoms with E-state index < -0.39 is 10.9 Å². The molecule has 1 heterocycles. The largest absolute Gasteiger partial charge is 0.465 e. The average Bonchev–Trinajstić information content (AvgIpc) is 2.32. The third-order valence-electron chi connectivity index (χ3n) is 2.93. The second kappa shape index (κ2) is 4.99. The summed E-state index contributed by atoms with van der Waals surface area (Å²) < 4.78 is 4.50. The zero-order valence-corrected chi connectivity index (χ0v) is 9.88. The molecule has 0 radical (unpaired) electrons. The SMILES string of the molecule is COC(=O)c1cnc(NC2CCC2)c([N+](=O)[O-])c1. The molecule has 0 spiro atoms. The second-order valence-electron chi connectivity index (χ2n) is 4.11. The van der Waals surface area contributed by atoms with E-state index in [9.17, 15) is 14.9 Å². The van der Waals surface area contributed by atoms with Crippen LogP contribution in [0.1, 0.15) is 29.6 Å². The van der Waals surface area contributed by atoms with E-state index in [1.807, 2.05) is 0 Å². The number of nitro groups is 1. The van der Waals surface area contributed by atoms with Gasteiger partial charge in [-0.3, -0.25) is 10.1 Å². The second-order valence-corrected chi connectivity index (χ2v) is 4.11. The van der Waals surface area contributed by atoms with Crippen molar-refractivity contribution >= 4 is 17.5 Å². The molecule has 0 saturated heterocycles. The predicted molar refractivity (Wildman–Crippen MR) is 63.5 cm³/mol. The van der Waals surface area contributed by atoms with Crippen molar-refractivity contribution in [2.75, 3.05) is 12.4 Å². The standard InChI is InChI=1S/C11H13N3O4/c1-18-11(15)7-5-9(14(16)17)10(12-6-7)13-8-3-2-4-8/h5-6,8H,2-4H2,1H3,(H,12,13). The fourth-order valence-electron chi connectivity index (χ4n) is 1.68. The van der Waals surface area contributed by atoms with E-state index in [1.54, 1.807) is 0 Å². The van der Waals surface area contributed by atoms with E-state index in [0.717, 1.165) is 19.3 Å². The Morgan fingerprint density at radius 2 is 2.33 bits per heavy atom. The summed E-state index contributed by atoms with van der Waals surface area (Å²) in [7, 11) is 1.22. The Hall–Kier alpha value is -2.18. The lowest BCUT2D eigenvalue weighted by molar-refractivity contribution is -0.384. The van der Waals surface area contributed by atoms with E-state index in [2.05, 4.69) is 15.0 Å². The molecule has 1 saturated carbocycles. The maximum absolute atomic E-state index is 11.3. The van der Waals surface area contributed by atoms with Gasteiger partial charge in [-0.05, 0) is 19.3 Å². The minimum Gasteiger partial charge on any atom is -0.465 e. The molecule has 1 aliphatic carbocycles. The summed E-state index contributed by atoms with van der Waals surface area (Å²) in [6.07, 6.45) is 4.36. The molecule has 18 heavy (non-hydrogen) atoms. The molecular weight excluding hydrogens is 238 g/mol. The van der Waals surface area contributed by atoms with Gasteiger partial charge in [-0.25, -0.2) is 9.78 Å². The first-order valence-electron chi connectivity index (χ1n) is 5.61. The fraction of sp³-hybridized carbons (Fsp3) is 0.455. The highest BCUT2D eigenvalue weighted by Crippen LogP contribution is 2.28. The van der Waals surface area contributed by atoms with Gasteiger partial charge in [0.25, 0.3) is 0 Å². The minimum atomic E-state index is -0.638. The smallest absolute Gasteiger partial charge is 0.339 e. The van der Waals surface area contributed by atoms with Crippen LogP contribution in [0.4, 0.5) is 11.5 Å². The number of methoxy groups -OCH3 is 1. The van der Waals surface area contributed by atoms with Crippen LogP contribution in [0, 0.1) is 10.1 Å². The Morgan fingerprint density at radius 1 is 1.61 bits per heavy atom. The maximum atomic E-state index is 11.3. The number of aromatic nitrogens is 1. The number of esters is 1. The zero-order valence-electron chi connectivity index (χ0n) is 9.88. The van der Waals surface area contributed by atoms with Gasteiger partial charge >= 0.3 is 11.7 Å². The minimum absolute atomic E-state index is 0.0726. The topological polar surface area (TPSA) is 94.4 Å². The van der Waals surface area contributed by atoms with E-state index >= 15 is 0 Å². The van der Waals surface area contributed by atoms with Gasteiger partial charge in [0.15, 0.2) is 0 Å². The Bertz CT molecular complexity index is 485. The number of carbonyl (C=O) groups excluding carboxylic acids is 1. The highest BCUT2D eigenvalue weighted by molar-refractivity contribution is 5.90. The van der Waals surface area contributed by atoms with Gasteiger partial charge in [-0.15, -0.1) is 0 Å². The molecule has 0 amide bonds. The van der Waals surface area contributed by atoms with Crippen molar-refractivity contribution < 1.29 is 14.5 Å². The van der Waals surface area contributed by atoms with E-state index in [0.29, 0.717) is 0 Å². The quantitative estimate of drug-likeness (QED) is 0.497. The molecule has 1 N–H and O–H groups in total. The van der Waals surface area contributed by atoms with Gasteiger partial charge in [-0.1, -0.05) is 0 Å². The highest BCUT2D eigenvalue weighted by atomic mass is 16.6. The first-order chi connectivity index (χ1) is 8.61. The zero-order chi connectivity index (χ0) is 13.1. The number of pyridine rings is 1. The van der Waals surface area contributed by atoms with E-state index in [1.165, 1.54) is 19.4 Å². The lowest BCUT2D eigenvalue weighted by Gasteiger charge is -2.26. The van der Waals surface area contributed by atoms with Gasteiger partial charge in [0.2, 0.25) is 5.82 Å². The highest BCUT2D eigenvalue weighted by Gasteiger charge is 2.24. The summed E-state index contributed by atoms with van der Waals surface area (Å²) in [6, 6.07) is 1.42. The van der Waals surface area contributed by atoms with Gasteiger partial charge in [0, 0.05) is 18.3 Å². The average molecular weight is 251 g/mol. The van der Waals surface area contributed by atoms with Crippen molar-refractivity contribution in [2.45, 2.75) is 25.3 Å². The number of rotatable bonds is 4. The Morgan fingerprint density at radius 3 is 2.83 bits per heavy atom. The van der Waals surface area contributed by atoms with Crippen molar-refractivity contribution in [2.24, 2.45) is 0 Å². The molecule has 1 aromatic rings. The molecule has 1 aliphatic rings. The van der Waals surface area contributed by atoms with Crippen molar-refractivity contribution in [3.05, 3.63) is 27.9 Å². The molecule has 0 aliphatic heterocycles. The summed E-state index contributed by atoms with van der Waals surface area (Å²) in [5.41, 5.74) is -0.131. The normalized spacial score (nSPS) is 14.7. The summed E-state index contributed by atoms with van der Waals surface area (Å²) >= 11 is 0. The van der Waals surface area contributed by atoms with Crippen molar-refractivity contribution in [3.63, 3.8) is 0 Å². The van der Waals surface area contributed by atoms with Crippen LogP contribution in [0.5, 0.6) is 0 Å². The number of anilines is 1. The summed E-state index contributed by atoms with van der Waals surface area (Å²) in [5.74, 6) is -0.432. The molecule has 0 atom stereocenters. The summed E-state index contributed by atoms with van der Waals surface area (Å²) in [6.45, 7) is 0. The fourth-order valence-corrected chi connectivity index (χ4v) is 1.68. The molecule has 96 valence electrons. The van der Waals surface area contributed by atoms with Crippen LogP contribution in [0.2, 0.25) is 0 Å². The molecule has 0 aromatic carbocycles. The molecule has 7 heteroatoms. The Kier molecular flexibility index (Phi) is 3.40. The number of nitrogens with zero attached hydrogens (tertiary/aromatic N) is 2.